The Labute approximate surface area is 95.2 Å². The van der Waals surface area contributed by atoms with Gasteiger partial charge in [0.05, 0.1) is 6.54 Å². The Morgan fingerprint density at radius 3 is 2.94 bits per heavy atom. The molecule has 0 aromatic carbocycles. The summed E-state index contributed by atoms with van der Waals surface area (Å²) in [6.45, 7) is 2.96. The van der Waals surface area contributed by atoms with Crippen LogP contribution in [0.3, 0.4) is 0 Å². The van der Waals surface area contributed by atoms with Gasteiger partial charge in [0.1, 0.15) is 0 Å². The first-order chi connectivity index (χ1) is 7.83. The molecule has 1 saturated heterocycles. The average molecular weight is 222 g/mol. The second-order valence-corrected chi connectivity index (χ2v) is 4.87. The van der Waals surface area contributed by atoms with Gasteiger partial charge < -0.3 is 9.73 Å². The van der Waals surface area contributed by atoms with Crippen molar-refractivity contribution in [3.63, 3.8) is 0 Å². The van der Waals surface area contributed by atoms with Crippen LogP contribution in [0.5, 0.6) is 0 Å². The number of hydrogen-bond acceptors (Lipinski definition) is 5. The van der Waals surface area contributed by atoms with E-state index in [-0.39, 0.29) is 0 Å². The fourth-order valence-electron chi connectivity index (χ4n) is 2.18. The van der Waals surface area contributed by atoms with E-state index in [2.05, 4.69) is 27.5 Å². The van der Waals surface area contributed by atoms with Crippen LogP contribution < -0.4 is 5.32 Å². The molecule has 1 aliphatic carbocycles. The van der Waals surface area contributed by atoms with Gasteiger partial charge in [0.15, 0.2) is 0 Å². The van der Waals surface area contributed by atoms with Crippen molar-refractivity contribution in [3.8, 4) is 0 Å². The predicted molar refractivity (Wildman–Crippen MR) is 59.0 cm³/mol. The summed E-state index contributed by atoms with van der Waals surface area (Å²) in [5, 5.41) is 11.6. The second-order valence-electron chi connectivity index (χ2n) is 4.87. The summed E-state index contributed by atoms with van der Waals surface area (Å²) in [4.78, 5) is 2.30. The Morgan fingerprint density at radius 2 is 2.25 bits per heavy atom. The highest BCUT2D eigenvalue weighted by Crippen LogP contribution is 2.39. The molecule has 2 fully saturated rings. The Balaban J connectivity index is 1.59. The smallest absolute Gasteiger partial charge is 0.230 e. The standard InChI is InChI=1S/C11H18N4O/c1-15(9-4-5-12-6-9)7-10-13-14-11(16-10)8-2-3-8/h8-9,12H,2-7H2,1H3/t9-/m1/s1. The van der Waals surface area contributed by atoms with Crippen molar-refractivity contribution >= 4 is 0 Å². The van der Waals surface area contributed by atoms with Crippen molar-refractivity contribution in [3.05, 3.63) is 11.8 Å². The Hall–Kier alpha value is -0.940. The fraction of sp³-hybridized carbons (Fsp3) is 0.818. The largest absolute Gasteiger partial charge is 0.424 e. The first kappa shape index (κ1) is 10.2. The molecular weight excluding hydrogens is 204 g/mol. The maximum atomic E-state index is 5.65. The van der Waals surface area contributed by atoms with Crippen molar-refractivity contribution in [2.45, 2.75) is 37.8 Å². The summed E-state index contributed by atoms with van der Waals surface area (Å²) in [7, 11) is 2.12. The van der Waals surface area contributed by atoms with Crippen LogP contribution in [0, 0.1) is 0 Å². The van der Waals surface area contributed by atoms with E-state index >= 15 is 0 Å². The Morgan fingerprint density at radius 1 is 1.38 bits per heavy atom. The van der Waals surface area contributed by atoms with E-state index in [0.29, 0.717) is 12.0 Å². The van der Waals surface area contributed by atoms with Gasteiger partial charge in [-0.05, 0) is 32.9 Å². The summed E-state index contributed by atoms with van der Waals surface area (Å²) in [6.07, 6.45) is 3.63. The van der Waals surface area contributed by atoms with Gasteiger partial charge in [-0.25, -0.2) is 0 Å². The van der Waals surface area contributed by atoms with Gasteiger partial charge in [-0.3, -0.25) is 4.90 Å². The van der Waals surface area contributed by atoms with Crippen LogP contribution >= 0.6 is 0 Å². The van der Waals surface area contributed by atoms with E-state index in [4.69, 9.17) is 4.42 Å². The lowest BCUT2D eigenvalue weighted by Crippen LogP contribution is -2.32. The molecule has 3 rings (SSSR count). The van der Waals surface area contributed by atoms with Gasteiger partial charge in [0, 0.05) is 18.5 Å². The molecule has 5 nitrogen and oxygen atoms in total. The minimum Gasteiger partial charge on any atom is -0.424 e. The lowest BCUT2D eigenvalue weighted by molar-refractivity contribution is 0.223. The van der Waals surface area contributed by atoms with Gasteiger partial charge >= 0.3 is 0 Å². The van der Waals surface area contributed by atoms with Crippen LogP contribution in [0.1, 0.15) is 37.0 Å². The van der Waals surface area contributed by atoms with E-state index < -0.39 is 0 Å². The van der Waals surface area contributed by atoms with Crippen LogP contribution in [-0.4, -0.2) is 41.3 Å². The average Bonchev–Trinajstić information content (AvgIpc) is 2.82. The molecule has 16 heavy (non-hydrogen) atoms. The summed E-state index contributed by atoms with van der Waals surface area (Å²) in [5.41, 5.74) is 0. The third-order valence-electron chi connectivity index (χ3n) is 3.45. The minimum absolute atomic E-state index is 0.555. The highest BCUT2D eigenvalue weighted by molar-refractivity contribution is 5.00. The van der Waals surface area contributed by atoms with E-state index in [9.17, 15) is 0 Å². The molecule has 2 aliphatic rings. The molecule has 0 spiro atoms. The molecule has 88 valence electrons. The first-order valence-electron chi connectivity index (χ1n) is 6.06. The van der Waals surface area contributed by atoms with Gasteiger partial charge in [-0.2, -0.15) is 0 Å². The molecule has 0 bridgehead atoms. The number of nitrogens with zero attached hydrogens (tertiary/aromatic N) is 3. The Bertz CT molecular complexity index is 355. The summed E-state index contributed by atoms with van der Waals surface area (Å²) in [6, 6.07) is 0.608. The Kier molecular flexibility index (Phi) is 2.65. The van der Waals surface area contributed by atoms with E-state index in [1.165, 1.54) is 19.3 Å². The zero-order chi connectivity index (χ0) is 11.0. The van der Waals surface area contributed by atoms with Gasteiger partial charge in [0.25, 0.3) is 0 Å². The number of aromatic nitrogens is 2. The SMILES string of the molecule is CN(Cc1nnc(C2CC2)o1)[C@@H]1CCNC1. The molecule has 1 saturated carbocycles. The quantitative estimate of drug-likeness (QED) is 0.814. The number of rotatable bonds is 4. The molecule has 1 atom stereocenters. The third kappa shape index (κ3) is 2.10. The van der Waals surface area contributed by atoms with Gasteiger partial charge in [0.2, 0.25) is 11.8 Å². The zero-order valence-corrected chi connectivity index (χ0v) is 9.65. The highest BCUT2D eigenvalue weighted by Gasteiger charge is 2.29. The van der Waals surface area contributed by atoms with Gasteiger partial charge in [-0.15, -0.1) is 10.2 Å². The molecular formula is C11H18N4O. The fourth-order valence-corrected chi connectivity index (χ4v) is 2.18. The molecule has 1 aliphatic heterocycles. The van der Waals surface area contributed by atoms with Crippen molar-refractivity contribution in [1.29, 1.82) is 0 Å². The first-order valence-corrected chi connectivity index (χ1v) is 6.06. The van der Waals surface area contributed by atoms with E-state index in [0.717, 1.165) is 31.4 Å². The van der Waals surface area contributed by atoms with Crippen LogP contribution in [0.2, 0.25) is 0 Å². The zero-order valence-electron chi connectivity index (χ0n) is 9.65. The molecule has 1 aromatic rings. The monoisotopic (exact) mass is 222 g/mol. The van der Waals surface area contributed by atoms with Crippen LogP contribution in [0.25, 0.3) is 0 Å². The normalized spacial score (nSPS) is 25.5. The molecule has 1 aromatic heterocycles. The summed E-state index contributed by atoms with van der Waals surface area (Å²) < 4.78 is 5.65. The molecule has 1 N–H and O–H groups in total. The maximum absolute atomic E-state index is 5.65. The predicted octanol–water partition coefficient (Wildman–Crippen LogP) is 0.741. The molecule has 0 radical (unpaired) electrons. The molecule has 5 heteroatoms. The van der Waals surface area contributed by atoms with Crippen molar-refractivity contribution in [1.82, 2.24) is 20.4 Å². The highest BCUT2D eigenvalue weighted by atomic mass is 16.4. The molecule has 0 amide bonds. The van der Waals surface area contributed by atoms with Crippen molar-refractivity contribution in [2.75, 3.05) is 20.1 Å². The number of hydrogen-bond donors (Lipinski definition) is 1. The van der Waals surface area contributed by atoms with Crippen LogP contribution in [-0.2, 0) is 6.54 Å². The molecule has 2 heterocycles. The van der Waals surface area contributed by atoms with E-state index in [1.54, 1.807) is 0 Å². The van der Waals surface area contributed by atoms with Crippen LogP contribution in [0.4, 0.5) is 0 Å². The van der Waals surface area contributed by atoms with Crippen molar-refractivity contribution in [2.24, 2.45) is 0 Å². The summed E-state index contributed by atoms with van der Waals surface area (Å²) in [5.74, 6) is 2.16. The lowest BCUT2D eigenvalue weighted by Gasteiger charge is -2.21. The van der Waals surface area contributed by atoms with Gasteiger partial charge in [-0.1, -0.05) is 0 Å². The number of nitrogens with one attached hydrogen (secondary N) is 1. The van der Waals surface area contributed by atoms with Crippen LogP contribution in [0.15, 0.2) is 4.42 Å². The molecule has 0 unspecified atom stereocenters. The van der Waals surface area contributed by atoms with E-state index in [1.807, 2.05) is 0 Å². The summed E-state index contributed by atoms with van der Waals surface area (Å²) >= 11 is 0. The topological polar surface area (TPSA) is 54.2 Å². The maximum Gasteiger partial charge on any atom is 0.230 e. The number of likely N-dealkylation sites (N-methyl/N-ethyl adjacent to an activating group) is 1. The lowest BCUT2D eigenvalue weighted by atomic mass is 10.2. The third-order valence-corrected chi connectivity index (χ3v) is 3.45. The minimum atomic E-state index is 0.555. The second kappa shape index (κ2) is 4.14. The van der Waals surface area contributed by atoms with Crippen molar-refractivity contribution < 1.29 is 4.42 Å².